The fourth-order valence-corrected chi connectivity index (χ4v) is 2.96. The van der Waals surface area contributed by atoms with Gasteiger partial charge in [-0.1, -0.05) is 5.16 Å². The third-order valence-electron chi connectivity index (χ3n) is 4.26. The average molecular weight is 358 g/mol. The molecule has 0 unspecified atom stereocenters. The molecule has 0 aliphatic carbocycles. The standard InChI is InChI=1S/C15H18N8O3/c1-8-14(9(2)26-19-8)15(24)22(7-13-17-20-21-18-13)11-3-4-12-10(5-11)6-16-23(12)25/h3-6,13,17-18,20-21,25H,7H2,1-2H3. The van der Waals surface area contributed by atoms with E-state index >= 15 is 0 Å². The van der Waals surface area contributed by atoms with Crippen LogP contribution in [0.4, 0.5) is 5.69 Å². The SMILES string of the molecule is Cc1noc(C)c1C(=O)N(CC1NNNN1)c1ccc2c(cnn2O)c1. The number of hydrazine groups is 3. The first-order chi connectivity index (χ1) is 12.5. The molecule has 2 aromatic heterocycles. The molecule has 3 aromatic rings. The van der Waals surface area contributed by atoms with Crippen LogP contribution in [0.3, 0.4) is 0 Å². The van der Waals surface area contributed by atoms with Crippen molar-refractivity contribution < 1.29 is 14.5 Å². The van der Waals surface area contributed by atoms with E-state index in [2.05, 4.69) is 32.2 Å². The first-order valence-electron chi connectivity index (χ1n) is 7.97. The Balaban J connectivity index is 1.74. The summed E-state index contributed by atoms with van der Waals surface area (Å²) in [5, 5.41) is 18.1. The van der Waals surface area contributed by atoms with E-state index in [4.69, 9.17) is 4.52 Å². The Labute approximate surface area is 147 Å². The second-order valence-corrected chi connectivity index (χ2v) is 5.98. The van der Waals surface area contributed by atoms with Crippen LogP contribution in [-0.4, -0.2) is 38.9 Å². The number of carbonyl (C=O) groups is 1. The molecule has 0 bridgehead atoms. The summed E-state index contributed by atoms with van der Waals surface area (Å²) in [6.45, 7) is 3.76. The number of hydrogen-bond acceptors (Lipinski definition) is 9. The summed E-state index contributed by atoms with van der Waals surface area (Å²) >= 11 is 0. The number of nitrogens with zero attached hydrogens (tertiary/aromatic N) is 4. The zero-order valence-corrected chi connectivity index (χ0v) is 14.1. The highest BCUT2D eigenvalue weighted by atomic mass is 16.5. The van der Waals surface area contributed by atoms with E-state index in [0.29, 0.717) is 40.2 Å². The number of benzene rings is 1. The van der Waals surface area contributed by atoms with Gasteiger partial charge in [-0.2, -0.15) is 11.1 Å². The van der Waals surface area contributed by atoms with Crippen molar-refractivity contribution in [2.24, 2.45) is 0 Å². The molecule has 3 heterocycles. The van der Waals surface area contributed by atoms with Crippen molar-refractivity contribution >= 4 is 22.5 Å². The quantitative estimate of drug-likeness (QED) is 0.408. The zero-order valence-electron chi connectivity index (χ0n) is 14.1. The molecule has 11 nitrogen and oxygen atoms in total. The van der Waals surface area contributed by atoms with Crippen molar-refractivity contribution in [3.63, 3.8) is 0 Å². The molecule has 0 spiro atoms. The molecule has 0 atom stereocenters. The normalized spacial score (nSPS) is 15.0. The molecule has 1 saturated heterocycles. The van der Waals surface area contributed by atoms with Crippen molar-refractivity contribution in [1.82, 2.24) is 37.0 Å². The van der Waals surface area contributed by atoms with Gasteiger partial charge in [-0.3, -0.25) is 4.79 Å². The number of aryl methyl sites for hydroxylation is 2. The van der Waals surface area contributed by atoms with Gasteiger partial charge in [0.1, 0.15) is 23.0 Å². The van der Waals surface area contributed by atoms with Crippen LogP contribution in [0.5, 0.6) is 0 Å². The lowest BCUT2D eigenvalue weighted by Crippen LogP contribution is -2.47. The highest BCUT2D eigenvalue weighted by molar-refractivity contribution is 6.08. The number of anilines is 1. The minimum Gasteiger partial charge on any atom is -0.411 e. The molecule has 26 heavy (non-hydrogen) atoms. The van der Waals surface area contributed by atoms with Crippen LogP contribution in [0.2, 0.25) is 0 Å². The predicted molar refractivity (Wildman–Crippen MR) is 90.9 cm³/mol. The number of rotatable bonds is 4. The number of aromatic nitrogens is 3. The summed E-state index contributed by atoms with van der Waals surface area (Å²) < 4.78 is 5.15. The van der Waals surface area contributed by atoms with Gasteiger partial charge in [0, 0.05) is 11.1 Å². The second kappa shape index (κ2) is 6.38. The van der Waals surface area contributed by atoms with Crippen LogP contribution < -0.4 is 26.8 Å². The monoisotopic (exact) mass is 358 g/mol. The molecule has 0 radical (unpaired) electrons. The minimum atomic E-state index is -0.229. The van der Waals surface area contributed by atoms with E-state index in [0.717, 1.165) is 4.85 Å². The van der Waals surface area contributed by atoms with E-state index in [1.165, 1.54) is 6.20 Å². The maximum absolute atomic E-state index is 13.2. The van der Waals surface area contributed by atoms with Gasteiger partial charge in [0.15, 0.2) is 0 Å². The van der Waals surface area contributed by atoms with Crippen molar-refractivity contribution in [2.75, 3.05) is 11.4 Å². The molecule has 1 amide bonds. The molecular formula is C15H18N8O3. The highest BCUT2D eigenvalue weighted by Crippen LogP contribution is 2.25. The summed E-state index contributed by atoms with van der Waals surface area (Å²) in [7, 11) is 0. The van der Waals surface area contributed by atoms with E-state index < -0.39 is 0 Å². The second-order valence-electron chi connectivity index (χ2n) is 5.98. The van der Waals surface area contributed by atoms with Gasteiger partial charge < -0.3 is 14.6 Å². The van der Waals surface area contributed by atoms with Crippen LogP contribution in [0.1, 0.15) is 21.8 Å². The fraction of sp³-hybridized carbons (Fsp3) is 0.267. The van der Waals surface area contributed by atoms with Gasteiger partial charge in [-0.15, -0.1) is 9.94 Å². The predicted octanol–water partition coefficient (Wildman–Crippen LogP) is -0.0317. The van der Waals surface area contributed by atoms with Crippen LogP contribution in [0.15, 0.2) is 28.9 Å². The molecule has 1 aromatic carbocycles. The van der Waals surface area contributed by atoms with Gasteiger partial charge >= 0.3 is 0 Å². The minimum absolute atomic E-state index is 0.226. The fourth-order valence-electron chi connectivity index (χ4n) is 2.96. The average Bonchev–Trinajstić information content (AvgIpc) is 3.34. The van der Waals surface area contributed by atoms with Gasteiger partial charge in [-0.05, 0) is 32.0 Å². The van der Waals surface area contributed by atoms with Gasteiger partial charge in [0.2, 0.25) is 0 Å². The largest absolute Gasteiger partial charge is 0.411 e. The van der Waals surface area contributed by atoms with Crippen LogP contribution in [0, 0.1) is 13.8 Å². The lowest BCUT2D eigenvalue weighted by molar-refractivity contribution is 0.0982. The van der Waals surface area contributed by atoms with Crippen LogP contribution >= 0.6 is 0 Å². The van der Waals surface area contributed by atoms with Crippen LogP contribution in [0.25, 0.3) is 10.9 Å². The zero-order chi connectivity index (χ0) is 18.3. The van der Waals surface area contributed by atoms with Gasteiger partial charge in [0.25, 0.3) is 5.91 Å². The molecular weight excluding hydrogens is 340 g/mol. The molecule has 11 heteroatoms. The van der Waals surface area contributed by atoms with Crippen molar-refractivity contribution in [3.8, 4) is 0 Å². The van der Waals surface area contributed by atoms with E-state index in [1.54, 1.807) is 36.9 Å². The molecule has 136 valence electrons. The Hall–Kier alpha value is -2.99. The number of carbonyl (C=O) groups excluding carboxylic acids is 1. The topological polar surface area (TPSA) is 133 Å². The molecule has 1 aliphatic heterocycles. The highest BCUT2D eigenvalue weighted by Gasteiger charge is 2.28. The third kappa shape index (κ3) is 2.78. The summed E-state index contributed by atoms with van der Waals surface area (Å²) in [6, 6.07) is 5.25. The maximum atomic E-state index is 13.2. The van der Waals surface area contributed by atoms with Crippen LogP contribution in [-0.2, 0) is 0 Å². The van der Waals surface area contributed by atoms with E-state index in [9.17, 15) is 10.0 Å². The third-order valence-corrected chi connectivity index (χ3v) is 4.26. The Kier molecular flexibility index (Phi) is 4.05. The molecule has 1 fully saturated rings. The van der Waals surface area contributed by atoms with Crippen molar-refractivity contribution in [1.29, 1.82) is 0 Å². The lowest BCUT2D eigenvalue weighted by atomic mass is 10.1. The first kappa shape index (κ1) is 16.5. The smallest absolute Gasteiger partial charge is 0.263 e. The summed E-state index contributed by atoms with van der Waals surface area (Å²) in [5.41, 5.74) is 13.6. The van der Waals surface area contributed by atoms with Gasteiger partial charge in [0.05, 0.1) is 18.4 Å². The Morgan fingerprint density at radius 2 is 2.12 bits per heavy atom. The number of fused-ring (bicyclic) bond motifs is 1. The van der Waals surface area contributed by atoms with E-state index in [-0.39, 0.29) is 12.1 Å². The summed E-state index contributed by atoms with van der Waals surface area (Å²) in [6.07, 6.45) is 1.31. The Bertz CT molecular complexity index is 940. The summed E-state index contributed by atoms with van der Waals surface area (Å²) in [4.78, 5) is 15.6. The maximum Gasteiger partial charge on any atom is 0.263 e. The molecule has 5 N–H and O–H groups in total. The number of amides is 1. The van der Waals surface area contributed by atoms with Gasteiger partial charge in [-0.25, -0.2) is 10.9 Å². The summed E-state index contributed by atoms with van der Waals surface area (Å²) in [5.74, 6) is 0.234. The molecule has 1 aliphatic rings. The number of nitrogens with one attached hydrogen (secondary N) is 4. The van der Waals surface area contributed by atoms with Crippen molar-refractivity contribution in [2.45, 2.75) is 20.0 Å². The Morgan fingerprint density at radius 1 is 1.35 bits per heavy atom. The van der Waals surface area contributed by atoms with Crippen molar-refractivity contribution in [3.05, 3.63) is 41.4 Å². The molecule has 4 rings (SSSR count). The molecule has 0 saturated carbocycles. The van der Waals surface area contributed by atoms with E-state index in [1.807, 2.05) is 0 Å². The lowest BCUT2D eigenvalue weighted by Gasteiger charge is -2.25. The Morgan fingerprint density at radius 3 is 2.81 bits per heavy atom. The number of hydrogen-bond donors (Lipinski definition) is 5. The first-order valence-corrected chi connectivity index (χ1v) is 7.97.